The highest BCUT2D eigenvalue weighted by Gasteiger charge is 2.41. The van der Waals surface area contributed by atoms with Crippen molar-refractivity contribution < 1.29 is 10.2 Å². The van der Waals surface area contributed by atoms with Crippen molar-refractivity contribution in [3.05, 3.63) is 35.4 Å². The summed E-state index contributed by atoms with van der Waals surface area (Å²) in [6.07, 6.45) is 0.442. The summed E-state index contributed by atoms with van der Waals surface area (Å²) in [6.45, 7) is 1.90. The van der Waals surface area contributed by atoms with Crippen molar-refractivity contribution in [3.8, 4) is 0 Å². The van der Waals surface area contributed by atoms with Crippen molar-refractivity contribution in [1.82, 2.24) is 0 Å². The first-order valence-corrected chi connectivity index (χ1v) is 4.65. The lowest BCUT2D eigenvalue weighted by Crippen LogP contribution is -2.32. The van der Waals surface area contributed by atoms with E-state index >= 15 is 0 Å². The smallest absolute Gasteiger partial charge is 0.108 e. The Labute approximate surface area is 77.8 Å². The molecule has 2 nitrogen and oxygen atoms in total. The maximum atomic E-state index is 10.0. The minimum atomic E-state index is -0.941. The fourth-order valence-electron chi connectivity index (χ4n) is 2.00. The van der Waals surface area contributed by atoms with E-state index in [0.717, 1.165) is 11.1 Å². The van der Waals surface area contributed by atoms with Gasteiger partial charge in [-0.1, -0.05) is 31.2 Å². The first-order chi connectivity index (χ1) is 6.17. The fraction of sp³-hybridized carbons (Fsp3) is 0.455. The molecular weight excluding hydrogens is 164 g/mol. The Morgan fingerprint density at radius 2 is 2.15 bits per heavy atom. The number of hydrogen-bond acceptors (Lipinski definition) is 2. The maximum Gasteiger partial charge on any atom is 0.108 e. The number of aliphatic hydroxyl groups excluding tert-OH is 1. The lowest BCUT2D eigenvalue weighted by Gasteiger charge is -2.24. The van der Waals surface area contributed by atoms with E-state index < -0.39 is 11.7 Å². The van der Waals surface area contributed by atoms with Crippen LogP contribution in [0, 0.1) is 0 Å². The Morgan fingerprint density at radius 1 is 1.46 bits per heavy atom. The number of aliphatic hydroxyl groups is 2. The molecule has 0 aromatic heterocycles. The van der Waals surface area contributed by atoms with Crippen LogP contribution in [0.4, 0.5) is 0 Å². The van der Waals surface area contributed by atoms with Crippen LogP contribution < -0.4 is 0 Å². The molecule has 2 heteroatoms. The van der Waals surface area contributed by atoms with Crippen molar-refractivity contribution in [2.75, 3.05) is 0 Å². The highest BCUT2D eigenvalue weighted by atomic mass is 16.3. The molecule has 0 amide bonds. The topological polar surface area (TPSA) is 40.5 Å². The van der Waals surface area contributed by atoms with Gasteiger partial charge in [0.1, 0.15) is 6.10 Å². The van der Waals surface area contributed by atoms with Crippen molar-refractivity contribution in [3.63, 3.8) is 0 Å². The molecule has 0 spiro atoms. The summed E-state index contributed by atoms with van der Waals surface area (Å²) >= 11 is 0. The largest absolute Gasteiger partial charge is 0.386 e. The van der Waals surface area contributed by atoms with Crippen molar-refractivity contribution >= 4 is 0 Å². The van der Waals surface area contributed by atoms with Gasteiger partial charge in [-0.2, -0.15) is 0 Å². The van der Waals surface area contributed by atoms with Gasteiger partial charge in [0.25, 0.3) is 0 Å². The minimum Gasteiger partial charge on any atom is -0.386 e. The second-order valence-corrected chi connectivity index (χ2v) is 3.74. The summed E-state index contributed by atoms with van der Waals surface area (Å²) in [5.74, 6) is 0. The van der Waals surface area contributed by atoms with Gasteiger partial charge in [-0.3, -0.25) is 0 Å². The van der Waals surface area contributed by atoms with Gasteiger partial charge >= 0.3 is 0 Å². The Bertz CT molecular complexity index is 322. The highest BCUT2D eigenvalue weighted by molar-refractivity contribution is 5.37. The molecule has 0 radical (unpaired) electrons. The third-order valence-corrected chi connectivity index (χ3v) is 2.97. The predicted molar refractivity (Wildman–Crippen MR) is 50.3 cm³/mol. The first kappa shape index (κ1) is 8.73. The molecule has 0 bridgehead atoms. The Balaban J connectivity index is 2.43. The van der Waals surface area contributed by atoms with E-state index in [2.05, 4.69) is 0 Å². The zero-order chi connectivity index (χ0) is 9.47. The third-order valence-electron chi connectivity index (χ3n) is 2.97. The average Bonchev–Trinajstić information content (AvgIpc) is 2.41. The van der Waals surface area contributed by atoms with Crippen LogP contribution in [0.2, 0.25) is 0 Å². The summed E-state index contributed by atoms with van der Waals surface area (Å²) in [5, 5.41) is 19.9. The first-order valence-electron chi connectivity index (χ1n) is 4.65. The Kier molecular flexibility index (Phi) is 1.90. The van der Waals surface area contributed by atoms with Crippen LogP contribution >= 0.6 is 0 Å². The summed E-state index contributed by atoms with van der Waals surface area (Å²) in [7, 11) is 0. The second kappa shape index (κ2) is 2.82. The molecule has 0 fully saturated rings. The quantitative estimate of drug-likeness (QED) is 0.682. The zero-order valence-corrected chi connectivity index (χ0v) is 7.70. The minimum absolute atomic E-state index is 0.570. The summed E-state index contributed by atoms with van der Waals surface area (Å²) in [6, 6.07) is 7.68. The molecule has 1 aromatic carbocycles. The maximum absolute atomic E-state index is 10.0. The van der Waals surface area contributed by atoms with Crippen LogP contribution in [0.25, 0.3) is 0 Å². The van der Waals surface area contributed by atoms with Gasteiger partial charge in [0.2, 0.25) is 0 Å². The SMILES string of the molecule is CC[C@@]1(O)Cc2ccccc2[C@H]1O. The van der Waals surface area contributed by atoms with Crippen LogP contribution in [0.5, 0.6) is 0 Å². The average molecular weight is 178 g/mol. The monoisotopic (exact) mass is 178 g/mol. The van der Waals surface area contributed by atoms with Crippen molar-refractivity contribution in [2.24, 2.45) is 0 Å². The molecule has 13 heavy (non-hydrogen) atoms. The number of rotatable bonds is 1. The van der Waals surface area contributed by atoms with E-state index in [9.17, 15) is 10.2 Å². The summed E-state index contributed by atoms with van der Waals surface area (Å²) in [5.41, 5.74) is 1.01. The molecule has 0 saturated carbocycles. The van der Waals surface area contributed by atoms with Crippen molar-refractivity contribution in [2.45, 2.75) is 31.5 Å². The van der Waals surface area contributed by atoms with Crippen LogP contribution in [0.1, 0.15) is 30.6 Å². The van der Waals surface area contributed by atoms with E-state index in [-0.39, 0.29) is 0 Å². The molecule has 0 aliphatic heterocycles. The number of hydrogen-bond donors (Lipinski definition) is 2. The van der Waals surface area contributed by atoms with Gasteiger partial charge in [0.05, 0.1) is 5.60 Å². The molecule has 1 aromatic rings. The molecule has 2 rings (SSSR count). The number of fused-ring (bicyclic) bond motifs is 1. The molecule has 2 N–H and O–H groups in total. The summed E-state index contributed by atoms with van der Waals surface area (Å²) in [4.78, 5) is 0. The standard InChI is InChI=1S/C11H14O2/c1-2-11(13)7-8-5-3-4-6-9(8)10(11)12/h3-6,10,12-13H,2,7H2,1H3/t10-,11-/m1/s1. The van der Waals surface area contributed by atoms with Crippen LogP contribution in [-0.4, -0.2) is 15.8 Å². The van der Waals surface area contributed by atoms with Crippen molar-refractivity contribution in [1.29, 1.82) is 0 Å². The van der Waals surface area contributed by atoms with E-state index in [1.807, 2.05) is 31.2 Å². The van der Waals surface area contributed by atoms with Crippen LogP contribution in [-0.2, 0) is 6.42 Å². The van der Waals surface area contributed by atoms with Crippen LogP contribution in [0.3, 0.4) is 0 Å². The Hall–Kier alpha value is -0.860. The lowest BCUT2D eigenvalue weighted by atomic mass is 9.95. The van der Waals surface area contributed by atoms with Gasteiger partial charge in [0, 0.05) is 6.42 Å². The van der Waals surface area contributed by atoms with E-state index in [4.69, 9.17) is 0 Å². The second-order valence-electron chi connectivity index (χ2n) is 3.74. The predicted octanol–water partition coefficient (Wildman–Crippen LogP) is 1.42. The fourth-order valence-corrected chi connectivity index (χ4v) is 2.00. The lowest BCUT2D eigenvalue weighted by molar-refractivity contribution is -0.0665. The summed E-state index contributed by atoms with van der Waals surface area (Å²) < 4.78 is 0. The molecule has 0 unspecified atom stereocenters. The van der Waals surface area contributed by atoms with Gasteiger partial charge in [0.15, 0.2) is 0 Å². The number of benzene rings is 1. The van der Waals surface area contributed by atoms with Gasteiger partial charge < -0.3 is 10.2 Å². The molecule has 0 saturated heterocycles. The normalized spacial score (nSPS) is 31.8. The van der Waals surface area contributed by atoms with Gasteiger partial charge in [-0.05, 0) is 17.5 Å². The van der Waals surface area contributed by atoms with Gasteiger partial charge in [-0.15, -0.1) is 0 Å². The van der Waals surface area contributed by atoms with E-state index in [0.29, 0.717) is 12.8 Å². The molecule has 0 heterocycles. The third kappa shape index (κ3) is 1.18. The molecular formula is C11H14O2. The molecule has 70 valence electrons. The Morgan fingerprint density at radius 3 is 2.77 bits per heavy atom. The molecule has 1 aliphatic rings. The highest BCUT2D eigenvalue weighted by Crippen LogP contribution is 2.40. The molecule has 2 atom stereocenters. The van der Waals surface area contributed by atoms with Gasteiger partial charge in [-0.25, -0.2) is 0 Å². The zero-order valence-electron chi connectivity index (χ0n) is 7.70. The van der Waals surface area contributed by atoms with Crippen LogP contribution in [0.15, 0.2) is 24.3 Å². The van der Waals surface area contributed by atoms with E-state index in [1.54, 1.807) is 0 Å². The van der Waals surface area contributed by atoms with E-state index in [1.165, 1.54) is 0 Å². The molecule has 1 aliphatic carbocycles.